The molecule has 0 aliphatic carbocycles. The Hall–Kier alpha value is -2.54. The Morgan fingerprint density at radius 3 is 2.41 bits per heavy atom. The summed E-state index contributed by atoms with van der Waals surface area (Å²) in [4.78, 5) is 13.2. The van der Waals surface area contributed by atoms with Gasteiger partial charge in [0.05, 0.1) is 25.1 Å². The molecule has 1 N–H and O–H groups in total. The third-order valence-corrected chi connectivity index (χ3v) is 6.06. The van der Waals surface area contributed by atoms with Crippen molar-refractivity contribution in [2.24, 2.45) is 0 Å². The van der Waals surface area contributed by atoms with E-state index in [-0.39, 0.29) is 11.9 Å². The van der Waals surface area contributed by atoms with Crippen LogP contribution >= 0.6 is 0 Å². The highest BCUT2D eigenvalue weighted by Gasteiger charge is 2.33. The van der Waals surface area contributed by atoms with Crippen molar-refractivity contribution >= 4 is 21.6 Å². The number of amides is 1. The van der Waals surface area contributed by atoms with E-state index in [0.717, 1.165) is 22.9 Å². The van der Waals surface area contributed by atoms with Gasteiger partial charge in [0.25, 0.3) is 0 Å². The fraction of sp³-hybridized carbons (Fsp3) is 0.409. The van der Waals surface area contributed by atoms with Gasteiger partial charge in [-0.05, 0) is 50.5 Å². The zero-order valence-electron chi connectivity index (χ0n) is 17.9. The summed E-state index contributed by atoms with van der Waals surface area (Å²) in [5.74, 6) is 0.320. The Morgan fingerprint density at radius 1 is 1.17 bits per heavy atom. The lowest BCUT2D eigenvalue weighted by molar-refractivity contribution is -0.122. The molecule has 2 atom stereocenters. The highest BCUT2D eigenvalue weighted by molar-refractivity contribution is 7.92. The Kier molecular flexibility index (Phi) is 7.30. The normalized spacial score (nSPS) is 13.4. The van der Waals surface area contributed by atoms with Crippen molar-refractivity contribution in [2.45, 2.75) is 46.2 Å². The second-order valence-corrected chi connectivity index (χ2v) is 9.10. The Morgan fingerprint density at radius 2 is 1.83 bits per heavy atom. The van der Waals surface area contributed by atoms with E-state index in [1.165, 1.54) is 4.31 Å². The lowest BCUT2D eigenvalue weighted by atomic mass is 10.1. The van der Waals surface area contributed by atoms with Crippen LogP contribution in [0.4, 0.5) is 5.69 Å². The fourth-order valence-electron chi connectivity index (χ4n) is 3.40. The first kappa shape index (κ1) is 22.7. The zero-order chi connectivity index (χ0) is 21.8. The van der Waals surface area contributed by atoms with Gasteiger partial charge in [0, 0.05) is 5.56 Å². The van der Waals surface area contributed by atoms with E-state index >= 15 is 0 Å². The minimum atomic E-state index is -3.68. The van der Waals surface area contributed by atoms with Crippen molar-refractivity contribution in [3.8, 4) is 5.75 Å². The predicted molar refractivity (Wildman–Crippen MR) is 117 cm³/mol. The predicted octanol–water partition coefficient (Wildman–Crippen LogP) is 3.73. The van der Waals surface area contributed by atoms with Gasteiger partial charge in [0.2, 0.25) is 15.9 Å². The molecule has 0 aliphatic rings. The first-order valence-corrected chi connectivity index (χ1v) is 11.4. The monoisotopic (exact) mass is 418 g/mol. The third kappa shape index (κ3) is 5.29. The van der Waals surface area contributed by atoms with E-state index < -0.39 is 16.1 Å². The van der Waals surface area contributed by atoms with Crippen LogP contribution in [0.25, 0.3) is 0 Å². The van der Waals surface area contributed by atoms with Crippen molar-refractivity contribution in [2.75, 3.05) is 17.7 Å². The molecule has 0 saturated carbocycles. The molecular weight excluding hydrogens is 388 g/mol. The number of anilines is 1. The SMILES string of the molecule is CC[C@@H](C(=O)N[C@H](C)c1ccccc1OC)N(c1cc(C)ccc1C)S(C)(=O)=O. The third-order valence-electron chi connectivity index (χ3n) is 4.90. The van der Waals surface area contributed by atoms with E-state index in [4.69, 9.17) is 4.74 Å². The molecule has 0 unspecified atom stereocenters. The van der Waals surface area contributed by atoms with E-state index in [1.807, 2.05) is 57.2 Å². The molecule has 0 radical (unpaired) electrons. The summed E-state index contributed by atoms with van der Waals surface area (Å²) in [7, 11) is -2.10. The molecule has 6 nitrogen and oxygen atoms in total. The van der Waals surface area contributed by atoms with Crippen molar-refractivity contribution in [1.82, 2.24) is 5.32 Å². The highest BCUT2D eigenvalue weighted by atomic mass is 32.2. The van der Waals surface area contributed by atoms with Gasteiger partial charge in [-0.2, -0.15) is 0 Å². The van der Waals surface area contributed by atoms with Crippen LogP contribution in [0.2, 0.25) is 0 Å². The molecule has 0 aromatic heterocycles. The number of para-hydroxylation sites is 1. The Balaban J connectivity index is 2.40. The van der Waals surface area contributed by atoms with Crippen LogP contribution < -0.4 is 14.4 Å². The number of aryl methyl sites for hydroxylation is 2. The van der Waals surface area contributed by atoms with Crippen LogP contribution in [0, 0.1) is 13.8 Å². The van der Waals surface area contributed by atoms with Crippen molar-refractivity contribution in [3.63, 3.8) is 0 Å². The molecule has 7 heteroatoms. The molecule has 158 valence electrons. The summed E-state index contributed by atoms with van der Waals surface area (Å²) >= 11 is 0. The maximum atomic E-state index is 13.2. The molecule has 0 aliphatic heterocycles. The fourth-order valence-corrected chi connectivity index (χ4v) is 4.66. The smallest absolute Gasteiger partial charge is 0.244 e. The number of nitrogens with one attached hydrogen (secondary N) is 1. The number of methoxy groups -OCH3 is 1. The molecule has 0 spiro atoms. The molecule has 0 heterocycles. The van der Waals surface area contributed by atoms with Crippen LogP contribution in [0.15, 0.2) is 42.5 Å². The van der Waals surface area contributed by atoms with Gasteiger partial charge >= 0.3 is 0 Å². The first-order chi connectivity index (χ1) is 13.6. The Bertz CT molecular complexity index is 973. The standard InChI is InChI=1S/C22H30N2O4S/c1-7-19(22(25)23-17(4)18-10-8-9-11-21(18)28-5)24(29(6,26)27)20-14-15(2)12-13-16(20)3/h8-14,17,19H,7H2,1-6H3,(H,23,25)/t17-,19+/m1/s1. The van der Waals surface area contributed by atoms with E-state index in [1.54, 1.807) is 20.1 Å². The van der Waals surface area contributed by atoms with Gasteiger partial charge in [0.1, 0.15) is 11.8 Å². The summed E-state index contributed by atoms with van der Waals surface area (Å²) in [6.07, 6.45) is 1.47. The van der Waals surface area contributed by atoms with Crippen LogP contribution in [0.5, 0.6) is 5.75 Å². The second kappa shape index (κ2) is 9.31. The number of ether oxygens (including phenoxy) is 1. The van der Waals surface area contributed by atoms with Gasteiger partial charge < -0.3 is 10.1 Å². The maximum Gasteiger partial charge on any atom is 0.244 e. The van der Waals surface area contributed by atoms with Crippen LogP contribution in [0.3, 0.4) is 0 Å². The molecule has 2 aromatic rings. The number of hydrogen-bond donors (Lipinski definition) is 1. The Labute approximate surface area is 173 Å². The van der Waals surface area contributed by atoms with Gasteiger partial charge in [-0.1, -0.05) is 37.3 Å². The van der Waals surface area contributed by atoms with Crippen molar-refractivity contribution in [1.29, 1.82) is 0 Å². The number of carbonyl (C=O) groups excluding carboxylic acids is 1. The first-order valence-electron chi connectivity index (χ1n) is 9.60. The quantitative estimate of drug-likeness (QED) is 0.709. The van der Waals surface area contributed by atoms with E-state index in [2.05, 4.69) is 5.32 Å². The highest BCUT2D eigenvalue weighted by Crippen LogP contribution is 2.29. The molecule has 0 saturated heterocycles. The van der Waals surface area contributed by atoms with E-state index in [0.29, 0.717) is 17.9 Å². The van der Waals surface area contributed by atoms with Crippen LogP contribution in [0.1, 0.15) is 43.0 Å². The average Bonchev–Trinajstić information content (AvgIpc) is 2.66. The summed E-state index contributed by atoms with van der Waals surface area (Å²) in [5, 5.41) is 2.95. The van der Waals surface area contributed by atoms with E-state index in [9.17, 15) is 13.2 Å². The number of rotatable bonds is 8. The van der Waals surface area contributed by atoms with Gasteiger partial charge in [-0.3, -0.25) is 9.10 Å². The summed E-state index contributed by atoms with van der Waals surface area (Å²) in [6.45, 7) is 7.40. The van der Waals surface area contributed by atoms with Gasteiger partial charge in [-0.25, -0.2) is 8.42 Å². The van der Waals surface area contributed by atoms with Crippen molar-refractivity contribution < 1.29 is 17.9 Å². The second-order valence-electron chi connectivity index (χ2n) is 7.25. The van der Waals surface area contributed by atoms with Gasteiger partial charge in [-0.15, -0.1) is 0 Å². The minimum Gasteiger partial charge on any atom is -0.496 e. The molecule has 2 aromatic carbocycles. The maximum absolute atomic E-state index is 13.2. The molecule has 0 fully saturated rings. The molecule has 1 amide bonds. The van der Waals surface area contributed by atoms with Crippen LogP contribution in [-0.2, 0) is 14.8 Å². The zero-order valence-corrected chi connectivity index (χ0v) is 18.7. The number of sulfonamides is 1. The van der Waals surface area contributed by atoms with Gasteiger partial charge in [0.15, 0.2) is 0 Å². The van der Waals surface area contributed by atoms with Crippen LogP contribution in [-0.4, -0.2) is 33.7 Å². The summed E-state index contributed by atoms with van der Waals surface area (Å²) in [6, 6.07) is 11.8. The topological polar surface area (TPSA) is 75.7 Å². The lowest BCUT2D eigenvalue weighted by Gasteiger charge is -2.32. The lowest BCUT2D eigenvalue weighted by Crippen LogP contribution is -2.50. The van der Waals surface area contributed by atoms with Crippen molar-refractivity contribution in [3.05, 3.63) is 59.2 Å². The molecule has 0 bridgehead atoms. The number of hydrogen-bond acceptors (Lipinski definition) is 4. The largest absolute Gasteiger partial charge is 0.496 e. The minimum absolute atomic E-state index is 0.338. The number of carbonyl (C=O) groups is 1. The molecule has 2 rings (SSSR count). The number of nitrogens with zero attached hydrogens (tertiary/aromatic N) is 1. The average molecular weight is 419 g/mol. The summed E-state index contributed by atoms with van der Waals surface area (Å²) < 4.78 is 32.0. The summed E-state index contributed by atoms with van der Waals surface area (Å²) in [5.41, 5.74) is 3.08. The number of benzene rings is 2. The molecule has 29 heavy (non-hydrogen) atoms. The molecular formula is C22H30N2O4S.